The predicted octanol–water partition coefficient (Wildman–Crippen LogP) is 0.931. The molecule has 2 unspecified atom stereocenters. The highest BCUT2D eigenvalue weighted by molar-refractivity contribution is 7.99. The second-order valence-electron chi connectivity index (χ2n) is 4.18. The number of aliphatic hydroxyl groups excluding tert-OH is 1. The van der Waals surface area contributed by atoms with Gasteiger partial charge in [0.25, 0.3) is 0 Å². The van der Waals surface area contributed by atoms with E-state index < -0.39 is 0 Å². The number of thioether (sulfide) groups is 1. The molecule has 0 fully saturated rings. The number of nitrogens with one attached hydrogen (secondary N) is 1. The monoisotopic (exact) mass is 266 g/mol. The van der Waals surface area contributed by atoms with E-state index in [1.807, 2.05) is 23.1 Å². The summed E-state index contributed by atoms with van der Waals surface area (Å²) in [4.78, 5) is 8.32. The van der Waals surface area contributed by atoms with Crippen LogP contribution in [-0.4, -0.2) is 43.6 Å². The Labute approximate surface area is 111 Å². The maximum atomic E-state index is 9.24. The average molecular weight is 266 g/mol. The first-order valence-corrected chi connectivity index (χ1v) is 7.18. The lowest BCUT2D eigenvalue weighted by atomic mass is 10.2. The standard InChI is InChI=1S/C12H18N4OS/c1-9(11(8-17)18-2)14-5-10-6-15-12-7-13-3-4-16(10)12/h3-4,6-7,9,11,14,17H,5,8H2,1-2H3. The maximum absolute atomic E-state index is 9.24. The fourth-order valence-electron chi connectivity index (χ4n) is 1.86. The fraction of sp³-hybridized carbons (Fsp3) is 0.500. The van der Waals surface area contributed by atoms with E-state index in [0.717, 1.165) is 17.9 Å². The lowest BCUT2D eigenvalue weighted by Crippen LogP contribution is -2.37. The number of hydrogen-bond acceptors (Lipinski definition) is 5. The van der Waals surface area contributed by atoms with Crippen molar-refractivity contribution in [3.63, 3.8) is 0 Å². The van der Waals surface area contributed by atoms with Crippen LogP contribution >= 0.6 is 11.8 Å². The molecule has 2 rings (SSSR count). The van der Waals surface area contributed by atoms with E-state index >= 15 is 0 Å². The Bertz CT molecular complexity index is 498. The molecule has 2 aromatic rings. The minimum atomic E-state index is 0.187. The molecule has 0 aromatic carbocycles. The molecule has 0 saturated carbocycles. The maximum Gasteiger partial charge on any atom is 0.155 e. The summed E-state index contributed by atoms with van der Waals surface area (Å²) in [5, 5.41) is 12.9. The molecule has 2 heterocycles. The SMILES string of the molecule is CSC(CO)C(C)NCc1cnc2cnccn12. The number of nitrogens with zero attached hydrogens (tertiary/aromatic N) is 3. The van der Waals surface area contributed by atoms with E-state index in [1.54, 1.807) is 24.2 Å². The topological polar surface area (TPSA) is 62.5 Å². The van der Waals surface area contributed by atoms with Gasteiger partial charge in [-0.3, -0.25) is 9.38 Å². The molecule has 98 valence electrons. The Morgan fingerprint density at radius 1 is 1.50 bits per heavy atom. The number of imidazole rings is 1. The van der Waals surface area contributed by atoms with E-state index in [9.17, 15) is 5.11 Å². The van der Waals surface area contributed by atoms with Gasteiger partial charge < -0.3 is 10.4 Å². The largest absolute Gasteiger partial charge is 0.395 e. The minimum absolute atomic E-state index is 0.187. The zero-order valence-corrected chi connectivity index (χ0v) is 11.4. The number of aliphatic hydroxyl groups is 1. The van der Waals surface area contributed by atoms with Crippen LogP contribution in [0.3, 0.4) is 0 Å². The van der Waals surface area contributed by atoms with Crippen molar-refractivity contribution in [1.29, 1.82) is 0 Å². The van der Waals surface area contributed by atoms with Crippen molar-refractivity contribution in [2.45, 2.75) is 24.8 Å². The van der Waals surface area contributed by atoms with Gasteiger partial charge in [-0.25, -0.2) is 4.98 Å². The van der Waals surface area contributed by atoms with Crippen LogP contribution in [0.25, 0.3) is 5.65 Å². The second-order valence-corrected chi connectivity index (χ2v) is 5.26. The van der Waals surface area contributed by atoms with Crippen LogP contribution in [0.4, 0.5) is 0 Å². The summed E-state index contributed by atoms with van der Waals surface area (Å²) < 4.78 is 2.01. The van der Waals surface area contributed by atoms with Gasteiger partial charge in [-0.2, -0.15) is 11.8 Å². The molecule has 6 heteroatoms. The van der Waals surface area contributed by atoms with Crippen LogP contribution in [0, 0.1) is 0 Å². The summed E-state index contributed by atoms with van der Waals surface area (Å²) in [5.41, 5.74) is 1.95. The van der Waals surface area contributed by atoms with Gasteiger partial charge in [-0.05, 0) is 13.2 Å². The summed E-state index contributed by atoms with van der Waals surface area (Å²) in [5.74, 6) is 0. The van der Waals surface area contributed by atoms with Crippen molar-refractivity contribution >= 4 is 17.4 Å². The highest BCUT2D eigenvalue weighted by Crippen LogP contribution is 2.11. The molecule has 0 aliphatic rings. The molecular formula is C12H18N4OS. The first-order valence-electron chi connectivity index (χ1n) is 5.89. The summed E-state index contributed by atoms with van der Waals surface area (Å²) >= 11 is 1.67. The second kappa shape index (κ2) is 6.17. The number of aromatic nitrogens is 3. The molecule has 2 N–H and O–H groups in total. The van der Waals surface area contributed by atoms with Gasteiger partial charge in [0, 0.05) is 30.2 Å². The van der Waals surface area contributed by atoms with E-state index in [1.165, 1.54) is 0 Å². The van der Waals surface area contributed by atoms with Crippen LogP contribution in [0.1, 0.15) is 12.6 Å². The van der Waals surface area contributed by atoms with Gasteiger partial charge in [0.05, 0.1) is 24.7 Å². The Morgan fingerprint density at radius 2 is 2.33 bits per heavy atom. The van der Waals surface area contributed by atoms with Crippen LogP contribution in [-0.2, 0) is 6.54 Å². The normalized spacial score (nSPS) is 14.8. The highest BCUT2D eigenvalue weighted by atomic mass is 32.2. The van der Waals surface area contributed by atoms with E-state index in [-0.39, 0.29) is 17.9 Å². The van der Waals surface area contributed by atoms with Gasteiger partial charge in [-0.1, -0.05) is 0 Å². The molecule has 0 saturated heterocycles. The summed E-state index contributed by atoms with van der Waals surface area (Å²) in [6, 6.07) is 0.248. The highest BCUT2D eigenvalue weighted by Gasteiger charge is 2.15. The first-order chi connectivity index (χ1) is 8.76. The van der Waals surface area contributed by atoms with Gasteiger partial charge >= 0.3 is 0 Å². The minimum Gasteiger partial charge on any atom is -0.395 e. The molecule has 0 bridgehead atoms. The quantitative estimate of drug-likeness (QED) is 0.814. The molecule has 18 heavy (non-hydrogen) atoms. The molecule has 0 spiro atoms. The summed E-state index contributed by atoms with van der Waals surface area (Å²) in [6.45, 7) is 3.00. The Hall–Kier alpha value is -1.11. The van der Waals surface area contributed by atoms with E-state index in [4.69, 9.17) is 0 Å². The van der Waals surface area contributed by atoms with Crippen molar-refractivity contribution in [1.82, 2.24) is 19.7 Å². The van der Waals surface area contributed by atoms with E-state index in [2.05, 4.69) is 22.2 Å². The third-order valence-corrected chi connectivity index (χ3v) is 4.20. The van der Waals surface area contributed by atoms with Crippen LogP contribution in [0.15, 0.2) is 24.8 Å². The molecular weight excluding hydrogens is 248 g/mol. The molecule has 2 atom stereocenters. The number of fused-ring (bicyclic) bond motifs is 1. The summed E-state index contributed by atoms with van der Waals surface area (Å²) in [6.07, 6.45) is 9.26. The van der Waals surface area contributed by atoms with Crippen LogP contribution in [0.5, 0.6) is 0 Å². The smallest absolute Gasteiger partial charge is 0.155 e. The zero-order chi connectivity index (χ0) is 13.0. The first kappa shape index (κ1) is 13.3. The zero-order valence-electron chi connectivity index (χ0n) is 10.6. The molecule has 0 amide bonds. The molecule has 0 aliphatic heterocycles. The number of hydrogen-bond donors (Lipinski definition) is 2. The number of rotatable bonds is 6. The third-order valence-electron chi connectivity index (χ3n) is 3.04. The average Bonchev–Trinajstić information content (AvgIpc) is 2.81. The van der Waals surface area contributed by atoms with Gasteiger partial charge in [0.1, 0.15) is 0 Å². The van der Waals surface area contributed by atoms with Gasteiger partial charge in [0.2, 0.25) is 0 Å². The van der Waals surface area contributed by atoms with Crippen molar-refractivity contribution < 1.29 is 5.11 Å². The molecule has 2 aromatic heterocycles. The van der Waals surface area contributed by atoms with Crippen LogP contribution < -0.4 is 5.32 Å². The Balaban J connectivity index is 2.02. The Kier molecular flexibility index (Phi) is 4.57. The van der Waals surface area contributed by atoms with Crippen molar-refractivity contribution in [3.05, 3.63) is 30.5 Å². The van der Waals surface area contributed by atoms with Crippen LogP contribution in [0.2, 0.25) is 0 Å². The molecule has 0 aliphatic carbocycles. The van der Waals surface area contributed by atoms with Crippen molar-refractivity contribution in [3.8, 4) is 0 Å². The molecule has 5 nitrogen and oxygen atoms in total. The van der Waals surface area contributed by atoms with Gasteiger partial charge in [-0.15, -0.1) is 0 Å². The Morgan fingerprint density at radius 3 is 3.06 bits per heavy atom. The third kappa shape index (κ3) is 2.82. The lowest BCUT2D eigenvalue weighted by molar-refractivity contribution is 0.275. The summed E-state index contributed by atoms with van der Waals surface area (Å²) in [7, 11) is 0. The predicted molar refractivity (Wildman–Crippen MR) is 73.7 cm³/mol. The van der Waals surface area contributed by atoms with Crippen molar-refractivity contribution in [2.75, 3.05) is 12.9 Å². The van der Waals surface area contributed by atoms with Gasteiger partial charge in [0.15, 0.2) is 5.65 Å². The van der Waals surface area contributed by atoms with Crippen molar-refractivity contribution in [2.24, 2.45) is 0 Å². The fourth-order valence-corrected chi connectivity index (χ4v) is 2.51. The molecule has 0 radical (unpaired) electrons. The van der Waals surface area contributed by atoms with E-state index in [0.29, 0.717) is 0 Å². The lowest BCUT2D eigenvalue weighted by Gasteiger charge is -2.21.